The number of hydrogen-bond acceptors (Lipinski definition) is 4. The van der Waals surface area contributed by atoms with Crippen molar-refractivity contribution >= 4 is 11.8 Å². The number of benzene rings is 2. The summed E-state index contributed by atoms with van der Waals surface area (Å²) in [6.45, 7) is 1.32. The lowest BCUT2D eigenvalue weighted by Crippen LogP contribution is -2.39. The summed E-state index contributed by atoms with van der Waals surface area (Å²) in [4.78, 5) is 39.9. The van der Waals surface area contributed by atoms with Gasteiger partial charge in [0.2, 0.25) is 5.91 Å². The highest BCUT2D eigenvalue weighted by Crippen LogP contribution is 2.26. The molecule has 0 saturated heterocycles. The minimum Gasteiger partial charge on any atom is -0.354 e. The second-order valence-corrected chi connectivity index (χ2v) is 9.07. The zero-order valence-electron chi connectivity index (χ0n) is 19.1. The maximum absolute atomic E-state index is 12.9. The molecule has 0 radical (unpaired) electrons. The number of carbonyl (C=O) groups is 2. The molecule has 1 aromatic heterocycles. The van der Waals surface area contributed by atoms with E-state index in [-0.39, 0.29) is 29.8 Å². The number of aryl methyl sites for hydroxylation is 2. The average molecular weight is 457 g/mol. The third-order valence-corrected chi connectivity index (χ3v) is 6.72. The summed E-state index contributed by atoms with van der Waals surface area (Å²) < 4.78 is 1.26. The van der Waals surface area contributed by atoms with Crippen molar-refractivity contribution in [3.8, 4) is 0 Å². The van der Waals surface area contributed by atoms with E-state index in [4.69, 9.17) is 0 Å². The van der Waals surface area contributed by atoms with Gasteiger partial charge >= 0.3 is 0 Å². The molecule has 0 bridgehead atoms. The SMILES string of the molecule is O=C(Cn1nc2c(cc1=O)CCCC2)NCC(CN1Cc2ccccc2C1=O)c1ccccc1. The third kappa shape index (κ3) is 4.64. The van der Waals surface area contributed by atoms with Gasteiger partial charge in [0.15, 0.2) is 0 Å². The lowest BCUT2D eigenvalue weighted by molar-refractivity contribution is -0.122. The van der Waals surface area contributed by atoms with Crippen LogP contribution in [0.25, 0.3) is 0 Å². The monoisotopic (exact) mass is 456 g/mol. The molecular weight excluding hydrogens is 428 g/mol. The smallest absolute Gasteiger partial charge is 0.267 e. The van der Waals surface area contributed by atoms with Gasteiger partial charge in [0.1, 0.15) is 6.54 Å². The van der Waals surface area contributed by atoms with Crippen molar-refractivity contribution in [1.82, 2.24) is 20.0 Å². The van der Waals surface area contributed by atoms with E-state index in [2.05, 4.69) is 10.4 Å². The largest absolute Gasteiger partial charge is 0.354 e. The van der Waals surface area contributed by atoms with E-state index < -0.39 is 0 Å². The second-order valence-electron chi connectivity index (χ2n) is 9.07. The molecule has 174 valence electrons. The van der Waals surface area contributed by atoms with Gasteiger partial charge in [-0.1, -0.05) is 48.5 Å². The average Bonchev–Trinajstić information content (AvgIpc) is 3.18. The highest BCUT2D eigenvalue weighted by molar-refractivity contribution is 5.98. The molecule has 7 heteroatoms. The highest BCUT2D eigenvalue weighted by atomic mass is 16.2. The van der Waals surface area contributed by atoms with E-state index in [1.54, 1.807) is 6.07 Å². The Labute approximate surface area is 198 Å². The Kier molecular flexibility index (Phi) is 6.25. The molecule has 0 spiro atoms. The number of nitrogens with zero attached hydrogens (tertiary/aromatic N) is 3. The van der Waals surface area contributed by atoms with E-state index in [1.807, 2.05) is 59.5 Å². The molecule has 2 heterocycles. The van der Waals surface area contributed by atoms with Gasteiger partial charge in [-0.15, -0.1) is 0 Å². The maximum atomic E-state index is 12.9. The van der Waals surface area contributed by atoms with E-state index >= 15 is 0 Å². The molecule has 1 unspecified atom stereocenters. The molecule has 0 fully saturated rings. The van der Waals surface area contributed by atoms with Gasteiger partial charge in [-0.2, -0.15) is 5.10 Å². The Bertz CT molecular complexity index is 1270. The van der Waals surface area contributed by atoms with Crippen molar-refractivity contribution in [3.05, 3.63) is 99.0 Å². The molecule has 1 aliphatic carbocycles. The number of carbonyl (C=O) groups excluding carboxylic acids is 2. The molecule has 7 nitrogen and oxygen atoms in total. The summed E-state index contributed by atoms with van der Waals surface area (Å²) in [5.41, 5.74) is 4.52. The third-order valence-electron chi connectivity index (χ3n) is 6.72. The van der Waals surface area contributed by atoms with E-state index in [0.29, 0.717) is 19.6 Å². The predicted molar refractivity (Wildman–Crippen MR) is 129 cm³/mol. The zero-order valence-corrected chi connectivity index (χ0v) is 19.1. The van der Waals surface area contributed by atoms with Gasteiger partial charge in [-0.3, -0.25) is 14.4 Å². The first kappa shape index (κ1) is 22.1. The van der Waals surface area contributed by atoms with Crippen LogP contribution in [-0.2, 0) is 30.7 Å². The molecule has 5 rings (SSSR count). The fourth-order valence-corrected chi connectivity index (χ4v) is 4.88. The van der Waals surface area contributed by atoms with Crippen molar-refractivity contribution in [2.75, 3.05) is 13.1 Å². The Morgan fingerprint density at radius 2 is 1.74 bits per heavy atom. The van der Waals surface area contributed by atoms with E-state index in [0.717, 1.165) is 53.6 Å². The van der Waals surface area contributed by atoms with Crippen molar-refractivity contribution in [3.63, 3.8) is 0 Å². The Morgan fingerprint density at radius 3 is 2.56 bits per heavy atom. The van der Waals surface area contributed by atoms with Crippen molar-refractivity contribution < 1.29 is 9.59 Å². The normalized spacial score (nSPS) is 15.5. The summed E-state index contributed by atoms with van der Waals surface area (Å²) >= 11 is 0. The Hall–Kier alpha value is -3.74. The van der Waals surface area contributed by atoms with Crippen LogP contribution in [0, 0.1) is 0 Å². The molecule has 1 atom stereocenters. The molecule has 1 aliphatic heterocycles. The summed E-state index contributed by atoms with van der Waals surface area (Å²) in [5, 5.41) is 7.41. The minimum atomic E-state index is -0.262. The van der Waals surface area contributed by atoms with Gasteiger partial charge in [-0.05, 0) is 48.4 Å². The van der Waals surface area contributed by atoms with Crippen molar-refractivity contribution in [1.29, 1.82) is 0 Å². The van der Waals surface area contributed by atoms with Gasteiger partial charge in [0, 0.05) is 37.2 Å². The topological polar surface area (TPSA) is 84.3 Å². The Balaban J connectivity index is 1.27. The lowest BCUT2D eigenvalue weighted by Gasteiger charge is -2.24. The van der Waals surface area contributed by atoms with Crippen LogP contribution in [0.5, 0.6) is 0 Å². The molecule has 2 aromatic carbocycles. The van der Waals surface area contributed by atoms with Crippen LogP contribution in [0.1, 0.15) is 51.5 Å². The summed E-state index contributed by atoms with van der Waals surface area (Å²) in [6, 6.07) is 19.2. The predicted octanol–water partition coefficient (Wildman–Crippen LogP) is 2.68. The van der Waals surface area contributed by atoms with Crippen LogP contribution in [-0.4, -0.2) is 39.6 Å². The zero-order chi connectivity index (χ0) is 23.5. The number of nitrogens with one attached hydrogen (secondary N) is 1. The van der Waals surface area contributed by atoms with Gasteiger partial charge in [0.05, 0.1) is 5.69 Å². The van der Waals surface area contributed by atoms with Crippen LogP contribution in [0.4, 0.5) is 0 Å². The first-order valence-corrected chi connectivity index (χ1v) is 11.9. The minimum absolute atomic E-state index is 0.0210. The van der Waals surface area contributed by atoms with Gasteiger partial charge in [-0.25, -0.2) is 4.68 Å². The maximum Gasteiger partial charge on any atom is 0.267 e. The first-order valence-electron chi connectivity index (χ1n) is 11.9. The summed E-state index contributed by atoms with van der Waals surface area (Å²) in [7, 11) is 0. The summed E-state index contributed by atoms with van der Waals surface area (Å²) in [5.74, 6) is -0.313. The van der Waals surface area contributed by atoms with E-state index in [9.17, 15) is 14.4 Å². The lowest BCUT2D eigenvalue weighted by atomic mass is 9.97. The van der Waals surface area contributed by atoms with Gasteiger partial charge < -0.3 is 10.2 Å². The highest BCUT2D eigenvalue weighted by Gasteiger charge is 2.29. The van der Waals surface area contributed by atoms with Gasteiger partial charge in [0.25, 0.3) is 11.5 Å². The molecular formula is C27H28N4O3. The van der Waals surface area contributed by atoms with Crippen LogP contribution < -0.4 is 10.9 Å². The summed E-state index contributed by atoms with van der Waals surface area (Å²) in [6.07, 6.45) is 3.86. The van der Waals surface area contributed by atoms with E-state index in [1.165, 1.54) is 4.68 Å². The van der Waals surface area contributed by atoms with Crippen molar-refractivity contribution in [2.45, 2.75) is 44.7 Å². The molecule has 1 N–H and O–H groups in total. The quantitative estimate of drug-likeness (QED) is 0.593. The van der Waals surface area contributed by atoms with Crippen LogP contribution in [0.15, 0.2) is 65.5 Å². The fourth-order valence-electron chi connectivity index (χ4n) is 4.88. The Morgan fingerprint density at radius 1 is 0.971 bits per heavy atom. The number of hydrogen-bond donors (Lipinski definition) is 1. The molecule has 2 aliphatic rings. The number of amides is 2. The van der Waals surface area contributed by atoms with Crippen LogP contribution in [0.2, 0.25) is 0 Å². The standard InChI is InChI=1S/C27H28N4O3/c32-25(18-31-26(33)14-20-10-5-7-13-24(20)29-31)28-15-22(19-8-2-1-3-9-19)17-30-16-21-11-4-6-12-23(21)27(30)34/h1-4,6,8-9,11-12,14,22H,5,7,10,13,15-18H2,(H,28,32). The molecule has 34 heavy (non-hydrogen) atoms. The number of rotatable bonds is 7. The number of aromatic nitrogens is 2. The first-order chi connectivity index (χ1) is 16.6. The van der Waals surface area contributed by atoms with Crippen molar-refractivity contribution in [2.24, 2.45) is 0 Å². The molecule has 2 amide bonds. The van der Waals surface area contributed by atoms with Crippen LogP contribution in [0.3, 0.4) is 0 Å². The fraction of sp³-hybridized carbons (Fsp3) is 0.333. The second kappa shape index (κ2) is 9.63. The van der Waals surface area contributed by atoms with Crippen LogP contribution >= 0.6 is 0 Å². The molecule has 0 saturated carbocycles. The number of fused-ring (bicyclic) bond motifs is 2. The molecule has 3 aromatic rings.